The van der Waals surface area contributed by atoms with E-state index in [0.29, 0.717) is 0 Å². The van der Waals surface area contributed by atoms with Gasteiger partial charge in [0.2, 0.25) is 0 Å². The van der Waals surface area contributed by atoms with Gasteiger partial charge in [-0.15, -0.1) is 10.2 Å². The van der Waals surface area contributed by atoms with Gasteiger partial charge in [0.05, 0.1) is 22.1 Å². The molecular weight excluding hydrogens is 687 g/mol. The van der Waals surface area contributed by atoms with Crippen molar-refractivity contribution in [3.63, 3.8) is 0 Å². The Kier molecular flexibility index (Phi) is 6.53. The second-order valence-electron chi connectivity index (χ2n) is 14.3. The number of furan rings is 1. The average molecular weight is 718 g/mol. The first kappa shape index (κ1) is 30.7. The van der Waals surface area contributed by atoms with Crippen LogP contribution in [0.4, 0.5) is 0 Å². The Labute approximate surface area is 320 Å². The maximum absolute atomic E-state index is 6.35. The molecule has 0 spiro atoms. The maximum atomic E-state index is 6.35. The van der Waals surface area contributed by atoms with Crippen molar-refractivity contribution in [2.24, 2.45) is 0 Å². The van der Waals surface area contributed by atoms with Crippen LogP contribution in [-0.4, -0.2) is 23.9 Å². The third-order valence-electron chi connectivity index (χ3n) is 11.2. The highest BCUT2D eigenvalue weighted by Gasteiger charge is 2.22. The quantitative estimate of drug-likeness (QED) is 0.178. The van der Waals surface area contributed by atoms with Crippen LogP contribution in [0.15, 0.2) is 192 Å². The predicted molar refractivity (Wildman–Crippen MR) is 228 cm³/mol. The minimum absolute atomic E-state index is 0.783. The molecule has 12 aromatic rings. The summed E-state index contributed by atoms with van der Waals surface area (Å²) in [6.45, 7) is 0. The van der Waals surface area contributed by atoms with Crippen LogP contribution in [0.25, 0.3) is 105 Å². The first-order valence-corrected chi connectivity index (χ1v) is 18.8. The number of hydrogen-bond acceptors (Lipinski definition) is 3. The van der Waals surface area contributed by atoms with Crippen LogP contribution in [0, 0.1) is 0 Å². The Morgan fingerprint density at radius 3 is 1.70 bits per heavy atom. The summed E-state index contributed by atoms with van der Waals surface area (Å²) in [6.07, 6.45) is 0. The van der Waals surface area contributed by atoms with Gasteiger partial charge in [-0.3, -0.25) is 4.57 Å². The number of para-hydroxylation sites is 4. The lowest BCUT2D eigenvalue weighted by Gasteiger charge is -2.14. The zero-order valence-corrected chi connectivity index (χ0v) is 30.0. The highest BCUT2D eigenvalue weighted by Crippen LogP contribution is 2.42. The summed E-state index contributed by atoms with van der Waals surface area (Å²) in [5.74, 6) is 1.58. The van der Waals surface area contributed by atoms with E-state index in [1.54, 1.807) is 0 Å². The predicted octanol–water partition coefficient (Wildman–Crippen LogP) is 12.7. The molecule has 0 unspecified atom stereocenters. The smallest absolute Gasteiger partial charge is 0.168 e. The van der Waals surface area contributed by atoms with Crippen molar-refractivity contribution in [1.29, 1.82) is 0 Å². The monoisotopic (exact) mass is 717 g/mol. The van der Waals surface area contributed by atoms with E-state index in [9.17, 15) is 0 Å². The van der Waals surface area contributed by atoms with Crippen molar-refractivity contribution < 1.29 is 4.42 Å². The normalized spacial score (nSPS) is 11.9. The second kappa shape index (κ2) is 11.9. The first-order chi connectivity index (χ1) is 27.8. The Hall–Kier alpha value is -7.70. The minimum atomic E-state index is 0.783. The summed E-state index contributed by atoms with van der Waals surface area (Å²) in [5.41, 5.74) is 11.5. The van der Waals surface area contributed by atoms with Crippen LogP contribution in [-0.2, 0) is 0 Å². The molecule has 262 valence electrons. The van der Waals surface area contributed by atoms with Crippen LogP contribution in [0.2, 0.25) is 0 Å². The molecule has 8 aromatic carbocycles. The van der Waals surface area contributed by atoms with E-state index >= 15 is 0 Å². The van der Waals surface area contributed by atoms with Crippen molar-refractivity contribution in [3.8, 4) is 39.8 Å². The van der Waals surface area contributed by atoms with E-state index < -0.39 is 0 Å². The number of fused-ring (bicyclic) bond motifs is 10. The molecule has 56 heavy (non-hydrogen) atoms. The fraction of sp³-hybridized carbons (Fsp3) is 0. The van der Waals surface area contributed by atoms with Gasteiger partial charge in [-0.25, -0.2) is 0 Å². The molecule has 0 aliphatic rings. The van der Waals surface area contributed by atoms with Crippen molar-refractivity contribution >= 4 is 65.6 Å². The fourth-order valence-electron chi connectivity index (χ4n) is 8.78. The third-order valence-corrected chi connectivity index (χ3v) is 11.2. The van der Waals surface area contributed by atoms with Crippen LogP contribution >= 0.6 is 0 Å². The van der Waals surface area contributed by atoms with Gasteiger partial charge in [-0.1, -0.05) is 121 Å². The molecule has 0 aliphatic heterocycles. The van der Waals surface area contributed by atoms with E-state index in [4.69, 9.17) is 14.6 Å². The molecule has 0 amide bonds. The van der Waals surface area contributed by atoms with Gasteiger partial charge in [-0.05, 0) is 66.7 Å². The molecule has 0 N–H and O–H groups in total. The standard InChI is InChI=1S/C50H31N5O/c1-3-14-32(15-4-1)49-51-52-50(55(49)34-16-5-2-6-17-34)33-26-27-38-37-20-7-10-23-41(37)54(44(38)30-33)36-19-13-18-35(31-36)53-42-24-11-8-21-39(42)47-43(53)28-29-46-48(47)40-22-9-12-25-45(40)56-46/h1-31H. The topological polar surface area (TPSA) is 53.7 Å². The van der Waals surface area contributed by atoms with E-state index in [2.05, 4.69) is 171 Å². The number of nitrogens with zero attached hydrogens (tertiary/aromatic N) is 5. The van der Waals surface area contributed by atoms with Crippen molar-refractivity contribution in [1.82, 2.24) is 23.9 Å². The molecule has 6 nitrogen and oxygen atoms in total. The fourth-order valence-corrected chi connectivity index (χ4v) is 8.78. The van der Waals surface area contributed by atoms with E-state index in [-0.39, 0.29) is 0 Å². The molecule has 6 heteroatoms. The highest BCUT2D eigenvalue weighted by atomic mass is 16.3. The lowest BCUT2D eigenvalue weighted by molar-refractivity contribution is 0.669. The van der Waals surface area contributed by atoms with E-state index in [0.717, 1.165) is 83.8 Å². The number of aromatic nitrogens is 5. The molecule has 0 radical (unpaired) electrons. The van der Waals surface area contributed by atoms with Crippen LogP contribution in [0.5, 0.6) is 0 Å². The zero-order valence-electron chi connectivity index (χ0n) is 30.0. The molecule has 0 saturated heterocycles. The van der Waals surface area contributed by atoms with Crippen molar-refractivity contribution in [3.05, 3.63) is 188 Å². The number of hydrogen-bond donors (Lipinski definition) is 0. The van der Waals surface area contributed by atoms with Gasteiger partial charge < -0.3 is 13.6 Å². The molecule has 0 bridgehead atoms. The molecule has 0 saturated carbocycles. The van der Waals surface area contributed by atoms with Crippen molar-refractivity contribution in [2.75, 3.05) is 0 Å². The van der Waals surface area contributed by atoms with Gasteiger partial charge in [0.25, 0.3) is 0 Å². The summed E-state index contributed by atoms with van der Waals surface area (Å²) < 4.78 is 13.3. The lowest BCUT2D eigenvalue weighted by Crippen LogP contribution is -2.01. The summed E-state index contributed by atoms with van der Waals surface area (Å²) >= 11 is 0. The number of rotatable bonds is 5. The second-order valence-corrected chi connectivity index (χ2v) is 14.3. The summed E-state index contributed by atoms with van der Waals surface area (Å²) in [4.78, 5) is 0. The Morgan fingerprint density at radius 1 is 0.321 bits per heavy atom. The SMILES string of the molecule is c1ccc(-c2nnc(-c3ccc4c5ccccc5n(-c5cccc(-n6c7ccccc7c7c8c(ccc76)oc6ccccc68)c5)c4c3)n2-c2ccccc2)cc1. The van der Waals surface area contributed by atoms with Gasteiger partial charge in [0.15, 0.2) is 11.6 Å². The first-order valence-electron chi connectivity index (χ1n) is 18.8. The van der Waals surface area contributed by atoms with Crippen molar-refractivity contribution in [2.45, 2.75) is 0 Å². The van der Waals surface area contributed by atoms with Crippen LogP contribution < -0.4 is 0 Å². The maximum Gasteiger partial charge on any atom is 0.168 e. The third kappa shape index (κ3) is 4.44. The summed E-state index contributed by atoms with van der Waals surface area (Å²) in [7, 11) is 0. The molecule has 0 fully saturated rings. The van der Waals surface area contributed by atoms with E-state index in [1.807, 2.05) is 30.3 Å². The number of benzene rings is 8. The molecule has 4 heterocycles. The largest absolute Gasteiger partial charge is 0.456 e. The Balaban J connectivity index is 1.09. The molecule has 12 rings (SSSR count). The van der Waals surface area contributed by atoms with Gasteiger partial charge in [0.1, 0.15) is 11.2 Å². The Bertz CT molecular complexity index is 3480. The van der Waals surface area contributed by atoms with Gasteiger partial charge >= 0.3 is 0 Å². The average Bonchev–Trinajstić information content (AvgIpc) is 4.03. The van der Waals surface area contributed by atoms with Crippen LogP contribution in [0.3, 0.4) is 0 Å². The summed E-state index contributed by atoms with van der Waals surface area (Å²) in [6, 6.07) is 66.2. The molecule has 0 atom stereocenters. The minimum Gasteiger partial charge on any atom is -0.456 e. The highest BCUT2D eigenvalue weighted by molar-refractivity contribution is 6.27. The van der Waals surface area contributed by atoms with Crippen LogP contribution in [0.1, 0.15) is 0 Å². The lowest BCUT2D eigenvalue weighted by atomic mass is 10.1. The molecular formula is C50H31N5O. The molecule has 0 aliphatic carbocycles. The van der Waals surface area contributed by atoms with Gasteiger partial charge in [0, 0.05) is 60.5 Å². The van der Waals surface area contributed by atoms with Gasteiger partial charge in [-0.2, -0.15) is 0 Å². The molecule has 4 aromatic heterocycles. The Morgan fingerprint density at radius 2 is 0.911 bits per heavy atom. The summed E-state index contributed by atoms with van der Waals surface area (Å²) in [5, 5.41) is 16.7. The zero-order chi connectivity index (χ0) is 36.7. The van der Waals surface area contributed by atoms with E-state index in [1.165, 1.54) is 21.5 Å².